The van der Waals surface area contributed by atoms with E-state index in [1.54, 1.807) is 11.8 Å². The van der Waals surface area contributed by atoms with Gasteiger partial charge >= 0.3 is 0 Å². The number of rotatable bonds is 5. The van der Waals surface area contributed by atoms with Gasteiger partial charge in [0.15, 0.2) is 11.0 Å². The van der Waals surface area contributed by atoms with Gasteiger partial charge in [0.05, 0.1) is 5.75 Å². The molecule has 1 N–H and O–H groups in total. The summed E-state index contributed by atoms with van der Waals surface area (Å²) in [5, 5.41) is 17.0. The molecule has 0 unspecified atom stereocenters. The van der Waals surface area contributed by atoms with Crippen LogP contribution in [-0.2, 0) is 12.8 Å². The van der Waals surface area contributed by atoms with Gasteiger partial charge in [0.1, 0.15) is 5.82 Å². The van der Waals surface area contributed by atoms with Crippen LogP contribution in [0.5, 0.6) is 0 Å². The van der Waals surface area contributed by atoms with E-state index in [0.717, 1.165) is 24.1 Å². The van der Waals surface area contributed by atoms with E-state index in [1.807, 2.05) is 20.9 Å². The van der Waals surface area contributed by atoms with Crippen LogP contribution in [0.1, 0.15) is 56.1 Å². The lowest BCUT2D eigenvalue weighted by molar-refractivity contribution is 0.362. The summed E-state index contributed by atoms with van der Waals surface area (Å²) < 4.78 is 7.31. The molecule has 1 atom stereocenters. The van der Waals surface area contributed by atoms with Gasteiger partial charge in [0, 0.05) is 25.4 Å². The molecule has 0 radical (unpaired) electrons. The fraction of sp³-hybridized carbons (Fsp3) is 0.714. The van der Waals surface area contributed by atoms with Gasteiger partial charge in [-0.2, -0.15) is 4.98 Å². The van der Waals surface area contributed by atoms with Gasteiger partial charge in [-0.3, -0.25) is 0 Å². The number of hydrogen-bond acceptors (Lipinski definition) is 7. The van der Waals surface area contributed by atoms with Crippen LogP contribution < -0.4 is 5.32 Å². The van der Waals surface area contributed by atoms with Crippen molar-refractivity contribution in [2.45, 2.75) is 49.4 Å². The largest absolute Gasteiger partial charge is 0.339 e. The minimum atomic E-state index is 0.256. The number of thioether (sulfide) groups is 1. The molecular weight excluding hydrogens is 300 g/mol. The minimum Gasteiger partial charge on any atom is -0.339 e. The summed E-state index contributed by atoms with van der Waals surface area (Å²) in [4.78, 5) is 4.39. The van der Waals surface area contributed by atoms with E-state index in [-0.39, 0.29) is 5.92 Å². The normalized spacial score (nSPS) is 19.0. The predicted octanol–water partition coefficient (Wildman–Crippen LogP) is 2.08. The maximum Gasteiger partial charge on any atom is 0.229 e. The molecular formula is C14H22N6OS. The number of hydrogen-bond donors (Lipinski definition) is 1. The number of piperidine rings is 1. The zero-order valence-corrected chi connectivity index (χ0v) is 14.1. The zero-order chi connectivity index (χ0) is 15.5. The van der Waals surface area contributed by atoms with Crippen LogP contribution >= 0.6 is 11.8 Å². The Morgan fingerprint density at radius 3 is 2.95 bits per heavy atom. The lowest BCUT2D eigenvalue weighted by Gasteiger charge is -2.21. The molecule has 0 saturated carbocycles. The molecule has 1 aliphatic rings. The molecule has 1 saturated heterocycles. The maximum absolute atomic E-state index is 5.22. The van der Waals surface area contributed by atoms with Crippen LogP contribution in [0.4, 0.5) is 0 Å². The van der Waals surface area contributed by atoms with E-state index in [4.69, 9.17) is 4.52 Å². The Morgan fingerprint density at radius 1 is 1.41 bits per heavy atom. The van der Waals surface area contributed by atoms with Crippen molar-refractivity contribution in [3.8, 4) is 0 Å². The highest BCUT2D eigenvalue weighted by atomic mass is 32.2. The van der Waals surface area contributed by atoms with Crippen LogP contribution in [0.3, 0.4) is 0 Å². The Balaban J connectivity index is 1.64. The maximum atomic E-state index is 5.22. The van der Waals surface area contributed by atoms with Crippen molar-refractivity contribution >= 4 is 11.8 Å². The van der Waals surface area contributed by atoms with Crippen LogP contribution in [0.2, 0.25) is 0 Å². The van der Waals surface area contributed by atoms with Gasteiger partial charge in [-0.05, 0) is 19.4 Å². The molecule has 7 nitrogen and oxygen atoms in total. The van der Waals surface area contributed by atoms with Gasteiger partial charge in [0.2, 0.25) is 5.89 Å². The third-order valence-electron chi connectivity index (χ3n) is 3.84. The summed E-state index contributed by atoms with van der Waals surface area (Å²) in [7, 11) is 2.03. The molecule has 0 amide bonds. The monoisotopic (exact) mass is 322 g/mol. The number of aromatic nitrogens is 5. The second kappa shape index (κ2) is 6.78. The van der Waals surface area contributed by atoms with Crippen LogP contribution in [0.15, 0.2) is 9.68 Å². The average Bonchev–Trinajstić information content (AvgIpc) is 3.13. The highest BCUT2D eigenvalue weighted by molar-refractivity contribution is 7.98. The van der Waals surface area contributed by atoms with Crippen molar-refractivity contribution in [1.82, 2.24) is 30.2 Å². The molecule has 1 fully saturated rings. The summed E-state index contributed by atoms with van der Waals surface area (Å²) in [5.41, 5.74) is 0. The second-order valence-corrected chi connectivity index (χ2v) is 6.88. The van der Waals surface area contributed by atoms with Gasteiger partial charge < -0.3 is 14.4 Å². The first-order valence-corrected chi connectivity index (χ1v) is 8.69. The van der Waals surface area contributed by atoms with Crippen molar-refractivity contribution < 1.29 is 4.52 Å². The molecule has 120 valence electrons. The standard InChI is InChI=1S/C14H22N6OS/c1-9(2)13-16-11(19-21-13)8-22-14-18-17-12(20(14)3)10-5-4-6-15-7-10/h9-10,15H,4-8H2,1-3H3/t10-/m1/s1. The lowest BCUT2D eigenvalue weighted by Crippen LogP contribution is -2.29. The second-order valence-electron chi connectivity index (χ2n) is 5.94. The van der Waals surface area contributed by atoms with Gasteiger partial charge in [0.25, 0.3) is 0 Å². The van der Waals surface area contributed by atoms with Crippen LogP contribution in [-0.4, -0.2) is 38.0 Å². The molecule has 2 aromatic rings. The van der Waals surface area contributed by atoms with Crippen molar-refractivity contribution in [1.29, 1.82) is 0 Å². The molecule has 0 aliphatic carbocycles. The van der Waals surface area contributed by atoms with E-state index in [1.165, 1.54) is 12.8 Å². The summed E-state index contributed by atoms with van der Waals surface area (Å²) in [6, 6.07) is 0. The third kappa shape index (κ3) is 3.33. The molecule has 3 heterocycles. The summed E-state index contributed by atoms with van der Waals surface area (Å²) in [6.45, 7) is 6.17. The number of nitrogens with one attached hydrogen (secondary N) is 1. The quantitative estimate of drug-likeness (QED) is 0.844. The Bertz CT molecular complexity index is 617. The van der Waals surface area contributed by atoms with Crippen LogP contribution in [0.25, 0.3) is 0 Å². The lowest BCUT2D eigenvalue weighted by atomic mass is 9.99. The first-order valence-electron chi connectivity index (χ1n) is 7.70. The highest BCUT2D eigenvalue weighted by Gasteiger charge is 2.22. The van der Waals surface area contributed by atoms with E-state index in [0.29, 0.717) is 23.4 Å². The number of nitrogens with zero attached hydrogens (tertiary/aromatic N) is 5. The molecule has 8 heteroatoms. The fourth-order valence-corrected chi connectivity index (χ4v) is 3.33. The molecule has 0 bridgehead atoms. The van der Waals surface area contributed by atoms with E-state index >= 15 is 0 Å². The molecule has 0 aromatic carbocycles. The molecule has 0 spiro atoms. The minimum absolute atomic E-state index is 0.256. The first kappa shape index (κ1) is 15.5. The third-order valence-corrected chi connectivity index (χ3v) is 4.85. The Kier molecular flexibility index (Phi) is 4.77. The molecule has 1 aliphatic heterocycles. The predicted molar refractivity (Wildman–Crippen MR) is 83.8 cm³/mol. The molecule has 22 heavy (non-hydrogen) atoms. The van der Waals surface area contributed by atoms with Gasteiger partial charge in [-0.25, -0.2) is 0 Å². The molecule has 3 rings (SSSR count). The van der Waals surface area contributed by atoms with E-state index in [2.05, 4.69) is 30.2 Å². The fourth-order valence-electron chi connectivity index (χ4n) is 2.57. The van der Waals surface area contributed by atoms with Crippen molar-refractivity contribution in [3.63, 3.8) is 0 Å². The van der Waals surface area contributed by atoms with Gasteiger partial charge in [-0.1, -0.05) is 30.8 Å². The van der Waals surface area contributed by atoms with Crippen LogP contribution in [0, 0.1) is 0 Å². The summed E-state index contributed by atoms with van der Waals surface area (Å²) in [6.07, 6.45) is 2.37. The zero-order valence-electron chi connectivity index (χ0n) is 13.2. The Morgan fingerprint density at radius 2 is 2.27 bits per heavy atom. The first-order chi connectivity index (χ1) is 10.6. The van der Waals surface area contributed by atoms with Crippen molar-refractivity contribution in [2.24, 2.45) is 7.05 Å². The average molecular weight is 322 g/mol. The van der Waals surface area contributed by atoms with Crippen molar-refractivity contribution in [2.75, 3.05) is 13.1 Å². The Hall–Kier alpha value is -1.41. The van der Waals surface area contributed by atoms with E-state index < -0.39 is 0 Å². The highest BCUT2D eigenvalue weighted by Crippen LogP contribution is 2.26. The van der Waals surface area contributed by atoms with E-state index in [9.17, 15) is 0 Å². The smallest absolute Gasteiger partial charge is 0.229 e. The summed E-state index contributed by atoms with van der Waals surface area (Å²) >= 11 is 1.59. The SMILES string of the molecule is CC(C)c1nc(CSc2nnc([C@@H]3CCCNC3)n2C)no1. The topological polar surface area (TPSA) is 81.7 Å². The molecule has 2 aromatic heterocycles. The van der Waals surface area contributed by atoms with Crippen molar-refractivity contribution in [3.05, 3.63) is 17.5 Å². The van der Waals surface area contributed by atoms with Gasteiger partial charge in [-0.15, -0.1) is 10.2 Å². The Labute approximate surface area is 134 Å². The summed E-state index contributed by atoms with van der Waals surface area (Å²) in [5.74, 6) is 3.81.